The molecule has 0 aliphatic carbocycles. The number of Topliss-reactive ketones (excluding diaryl/α,β-unsaturated/α-hetero) is 1. The summed E-state index contributed by atoms with van der Waals surface area (Å²) in [6.45, 7) is 7.91. The van der Waals surface area contributed by atoms with E-state index < -0.39 is 6.04 Å². The Balaban J connectivity index is 1.85. The summed E-state index contributed by atoms with van der Waals surface area (Å²) in [5.41, 5.74) is 4.13. The Kier molecular flexibility index (Phi) is 4.73. The van der Waals surface area contributed by atoms with E-state index >= 15 is 0 Å². The van der Waals surface area contributed by atoms with E-state index in [9.17, 15) is 9.59 Å². The van der Waals surface area contributed by atoms with Crippen LogP contribution < -0.4 is 10.4 Å². The Labute approximate surface area is 184 Å². The first-order chi connectivity index (χ1) is 15.4. The van der Waals surface area contributed by atoms with E-state index in [2.05, 4.69) is 15.1 Å². The van der Waals surface area contributed by atoms with Crippen molar-refractivity contribution in [1.82, 2.24) is 19.7 Å². The molecule has 4 heterocycles. The Bertz CT molecular complexity index is 1380. The molecule has 0 saturated carbocycles. The number of aryl methyl sites for hydroxylation is 2. The molecule has 8 nitrogen and oxygen atoms in total. The zero-order valence-corrected chi connectivity index (χ0v) is 18.4. The number of carbonyl (C=O) groups excluding carboxylic acids is 1. The number of aromatic nitrogens is 4. The summed E-state index contributed by atoms with van der Waals surface area (Å²) in [6, 6.07) is 6.97. The Hall–Kier alpha value is -3.68. The van der Waals surface area contributed by atoms with Crippen molar-refractivity contribution in [2.75, 3.05) is 6.61 Å². The average Bonchev–Trinajstić information content (AvgIpc) is 3.29. The first-order valence-electron chi connectivity index (χ1n) is 10.7. The van der Waals surface area contributed by atoms with Crippen molar-refractivity contribution in [3.63, 3.8) is 0 Å². The normalized spacial score (nSPS) is 15.3. The molecule has 8 heteroatoms. The third-order valence-corrected chi connectivity index (χ3v) is 5.87. The number of hydrogen-bond acceptors (Lipinski definition) is 6. The SMILES string of the molecule is Cc1noc(C)c1-c1cc(C(=O)CC(C)C)c2[nH]c(=O)n3c2c1OC[C@@H]3c1ccccn1. The van der Waals surface area contributed by atoms with Crippen molar-refractivity contribution in [1.29, 1.82) is 0 Å². The number of ether oxygens (including phenoxy) is 1. The molecule has 0 unspecified atom stereocenters. The minimum absolute atomic E-state index is 0.0343. The lowest BCUT2D eigenvalue weighted by Crippen LogP contribution is -2.31. The van der Waals surface area contributed by atoms with Gasteiger partial charge >= 0.3 is 5.69 Å². The smallest absolute Gasteiger partial charge is 0.327 e. The molecule has 5 rings (SSSR count). The molecule has 32 heavy (non-hydrogen) atoms. The predicted molar refractivity (Wildman–Crippen MR) is 119 cm³/mol. The highest BCUT2D eigenvalue weighted by molar-refractivity contribution is 6.10. The number of imidazole rings is 1. The largest absolute Gasteiger partial charge is 0.488 e. The third-order valence-electron chi connectivity index (χ3n) is 5.87. The van der Waals surface area contributed by atoms with Gasteiger partial charge < -0.3 is 14.2 Å². The lowest BCUT2D eigenvalue weighted by Gasteiger charge is -2.27. The van der Waals surface area contributed by atoms with E-state index in [-0.39, 0.29) is 24.0 Å². The quantitative estimate of drug-likeness (QED) is 0.474. The molecule has 3 aromatic heterocycles. The van der Waals surface area contributed by atoms with Crippen LogP contribution in [-0.4, -0.2) is 32.1 Å². The number of carbonyl (C=O) groups is 1. The van der Waals surface area contributed by atoms with Gasteiger partial charge in [-0.25, -0.2) is 4.79 Å². The first kappa shape index (κ1) is 20.2. The van der Waals surface area contributed by atoms with Gasteiger partial charge in [-0.15, -0.1) is 0 Å². The number of hydrogen-bond donors (Lipinski definition) is 1. The topological polar surface area (TPSA) is 103 Å². The van der Waals surface area contributed by atoms with Crippen LogP contribution in [0.3, 0.4) is 0 Å². The van der Waals surface area contributed by atoms with Crippen molar-refractivity contribution >= 4 is 16.8 Å². The van der Waals surface area contributed by atoms with E-state index in [0.717, 1.165) is 11.3 Å². The Morgan fingerprint density at radius 1 is 1.31 bits per heavy atom. The van der Waals surface area contributed by atoms with Crippen LogP contribution in [0.15, 0.2) is 39.8 Å². The van der Waals surface area contributed by atoms with Crippen LogP contribution in [0.2, 0.25) is 0 Å². The lowest BCUT2D eigenvalue weighted by atomic mass is 9.93. The van der Waals surface area contributed by atoms with Crippen molar-refractivity contribution in [3.8, 4) is 16.9 Å². The number of rotatable bonds is 5. The van der Waals surface area contributed by atoms with E-state index in [1.54, 1.807) is 16.8 Å². The van der Waals surface area contributed by atoms with Gasteiger partial charge in [0.1, 0.15) is 23.9 Å². The second-order valence-corrected chi connectivity index (χ2v) is 8.63. The molecule has 1 aliphatic heterocycles. The summed E-state index contributed by atoms with van der Waals surface area (Å²) in [7, 11) is 0. The molecule has 0 saturated heterocycles. The number of aromatic amines is 1. The number of nitrogens with one attached hydrogen (secondary N) is 1. The summed E-state index contributed by atoms with van der Waals surface area (Å²) in [6.07, 6.45) is 2.06. The molecule has 1 aliphatic rings. The highest BCUT2D eigenvalue weighted by Crippen LogP contribution is 2.44. The van der Waals surface area contributed by atoms with E-state index in [4.69, 9.17) is 9.26 Å². The molecular formula is C24H24N4O4. The molecule has 0 bridgehead atoms. The molecule has 0 fully saturated rings. The molecule has 4 aromatic rings. The zero-order valence-electron chi connectivity index (χ0n) is 18.4. The van der Waals surface area contributed by atoms with Gasteiger partial charge in [0.15, 0.2) is 11.5 Å². The zero-order chi connectivity index (χ0) is 22.6. The van der Waals surface area contributed by atoms with Crippen LogP contribution in [0.4, 0.5) is 0 Å². The van der Waals surface area contributed by atoms with Crippen molar-refractivity contribution in [2.45, 2.75) is 40.2 Å². The fraction of sp³-hybridized carbons (Fsp3) is 0.333. The Morgan fingerprint density at radius 2 is 2.12 bits per heavy atom. The fourth-order valence-electron chi connectivity index (χ4n) is 4.50. The maximum Gasteiger partial charge on any atom is 0.327 e. The standard InChI is InChI=1S/C24H24N4O4/c1-12(2)9-19(29)15-10-16(20-13(3)27-32-14(20)4)23-22-21(15)26-24(30)28(22)18(11-31-23)17-7-5-6-8-25-17/h5-8,10,12,18H,9,11H2,1-4H3,(H,26,30)/t18-/m1/s1. The van der Waals surface area contributed by atoms with Crippen molar-refractivity contribution in [2.24, 2.45) is 5.92 Å². The summed E-state index contributed by atoms with van der Waals surface area (Å²) in [4.78, 5) is 33.7. The number of pyridine rings is 1. The highest BCUT2D eigenvalue weighted by Gasteiger charge is 2.33. The van der Waals surface area contributed by atoms with Gasteiger partial charge in [-0.1, -0.05) is 25.1 Å². The molecule has 0 radical (unpaired) electrons. The maximum atomic E-state index is 13.2. The lowest BCUT2D eigenvalue weighted by molar-refractivity contribution is 0.0969. The summed E-state index contributed by atoms with van der Waals surface area (Å²) >= 11 is 0. The number of nitrogens with zero attached hydrogens (tertiary/aromatic N) is 3. The number of benzene rings is 1. The van der Waals surface area contributed by atoms with Crippen molar-refractivity contribution in [3.05, 3.63) is 63.7 Å². The van der Waals surface area contributed by atoms with Crippen LogP contribution in [0, 0.1) is 19.8 Å². The highest BCUT2D eigenvalue weighted by atomic mass is 16.5. The van der Waals surface area contributed by atoms with Crippen LogP contribution in [0.1, 0.15) is 53.8 Å². The van der Waals surface area contributed by atoms with Crippen molar-refractivity contribution < 1.29 is 14.1 Å². The second-order valence-electron chi connectivity index (χ2n) is 8.63. The summed E-state index contributed by atoms with van der Waals surface area (Å²) < 4.78 is 13.3. The summed E-state index contributed by atoms with van der Waals surface area (Å²) in [5.74, 6) is 1.31. The molecular weight excluding hydrogens is 408 g/mol. The predicted octanol–water partition coefficient (Wildman–Crippen LogP) is 4.21. The minimum atomic E-state index is -0.405. The second kappa shape index (κ2) is 7.47. The van der Waals surface area contributed by atoms with E-state index in [1.807, 2.05) is 45.9 Å². The average molecular weight is 432 g/mol. The van der Waals surface area contributed by atoms with Crippen LogP contribution in [-0.2, 0) is 0 Å². The van der Waals surface area contributed by atoms with Gasteiger partial charge in [-0.2, -0.15) is 0 Å². The van der Waals surface area contributed by atoms with Gasteiger partial charge in [0.05, 0.1) is 22.5 Å². The van der Waals surface area contributed by atoms with E-state index in [1.165, 1.54) is 0 Å². The van der Waals surface area contributed by atoms with Gasteiger partial charge in [0.2, 0.25) is 0 Å². The third kappa shape index (κ3) is 3.05. The van der Waals surface area contributed by atoms with Crippen LogP contribution in [0.5, 0.6) is 5.75 Å². The fourth-order valence-corrected chi connectivity index (χ4v) is 4.50. The van der Waals surface area contributed by atoms with E-state index in [0.29, 0.717) is 45.8 Å². The van der Waals surface area contributed by atoms with Crippen LogP contribution in [0.25, 0.3) is 22.2 Å². The Morgan fingerprint density at radius 3 is 2.78 bits per heavy atom. The monoisotopic (exact) mass is 432 g/mol. The van der Waals surface area contributed by atoms with Gasteiger partial charge in [0.25, 0.3) is 0 Å². The van der Waals surface area contributed by atoms with Gasteiger partial charge in [-0.3, -0.25) is 14.3 Å². The number of ketones is 1. The molecule has 1 N–H and O–H groups in total. The van der Waals surface area contributed by atoms with Crippen LogP contribution >= 0.6 is 0 Å². The van der Waals surface area contributed by atoms with Gasteiger partial charge in [0, 0.05) is 23.7 Å². The van der Waals surface area contributed by atoms with Gasteiger partial charge in [-0.05, 0) is 38.0 Å². The minimum Gasteiger partial charge on any atom is -0.488 e. The molecule has 1 atom stereocenters. The molecule has 1 aromatic carbocycles. The molecule has 0 amide bonds. The summed E-state index contributed by atoms with van der Waals surface area (Å²) in [5, 5.41) is 4.08. The first-order valence-corrected chi connectivity index (χ1v) is 10.7. The maximum absolute atomic E-state index is 13.2. The number of H-pyrrole nitrogens is 1. The molecule has 164 valence electrons. The molecule has 0 spiro atoms.